The lowest BCUT2D eigenvalue weighted by Crippen LogP contribution is -2.09. The number of rotatable bonds is 5. The molecule has 0 radical (unpaired) electrons. The Hall–Kier alpha value is -2.00. The van der Waals surface area contributed by atoms with Crippen LogP contribution in [0.3, 0.4) is 0 Å². The number of para-hydroxylation sites is 1. The summed E-state index contributed by atoms with van der Waals surface area (Å²) in [5.74, 6) is 0.861. The van der Waals surface area contributed by atoms with Crippen molar-refractivity contribution in [3.8, 4) is 5.75 Å². The van der Waals surface area contributed by atoms with Gasteiger partial charge in [-0.25, -0.2) is 0 Å². The molecular formula is C16H20N2O. The number of nitrogens with zero attached hydrogens (tertiary/aromatic N) is 1. The van der Waals surface area contributed by atoms with Gasteiger partial charge in [0, 0.05) is 31.9 Å². The predicted octanol–water partition coefficient (Wildman–Crippen LogP) is 2.79. The highest BCUT2D eigenvalue weighted by atomic mass is 16.5. The number of hydrogen-bond donors (Lipinski definition) is 1. The third-order valence-electron chi connectivity index (χ3n) is 3.01. The van der Waals surface area contributed by atoms with E-state index in [4.69, 9.17) is 10.5 Å². The Morgan fingerprint density at radius 1 is 1.05 bits per heavy atom. The zero-order chi connectivity index (χ0) is 13.7. The Labute approximate surface area is 114 Å². The summed E-state index contributed by atoms with van der Waals surface area (Å²) in [6.45, 7) is 1.05. The molecule has 2 aromatic rings. The van der Waals surface area contributed by atoms with Crippen LogP contribution in [0.15, 0.2) is 48.5 Å². The fourth-order valence-electron chi connectivity index (χ4n) is 1.90. The van der Waals surface area contributed by atoms with Gasteiger partial charge in [0.15, 0.2) is 0 Å². The van der Waals surface area contributed by atoms with Crippen molar-refractivity contribution in [2.75, 3.05) is 19.0 Å². The summed E-state index contributed by atoms with van der Waals surface area (Å²) in [6, 6.07) is 16.2. The van der Waals surface area contributed by atoms with Crippen LogP contribution in [-0.2, 0) is 13.2 Å². The molecule has 0 amide bonds. The zero-order valence-electron chi connectivity index (χ0n) is 11.5. The number of anilines is 1. The molecular weight excluding hydrogens is 236 g/mol. The van der Waals surface area contributed by atoms with Crippen molar-refractivity contribution in [1.82, 2.24) is 0 Å². The molecule has 0 aromatic heterocycles. The average molecular weight is 256 g/mol. The SMILES string of the molecule is CN(C)c1cccc(COc2ccccc2CN)c1. The fraction of sp³-hybridized carbons (Fsp3) is 0.250. The maximum absolute atomic E-state index is 5.85. The Balaban J connectivity index is 2.08. The lowest BCUT2D eigenvalue weighted by molar-refractivity contribution is 0.303. The molecule has 0 spiro atoms. The summed E-state index contributed by atoms with van der Waals surface area (Å²) in [7, 11) is 4.06. The summed E-state index contributed by atoms with van der Waals surface area (Å²) in [6.07, 6.45) is 0. The molecule has 0 unspecified atom stereocenters. The molecule has 0 bridgehead atoms. The summed E-state index contributed by atoms with van der Waals surface area (Å²) < 4.78 is 5.85. The second kappa shape index (κ2) is 6.25. The Morgan fingerprint density at radius 3 is 2.58 bits per heavy atom. The topological polar surface area (TPSA) is 38.5 Å². The first-order valence-electron chi connectivity index (χ1n) is 6.37. The van der Waals surface area contributed by atoms with Crippen molar-refractivity contribution >= 4 is 5.69 Å². The lowest BCUT2D eigenvalue weighted by Gasteiger charge is -2.14. The van der Waals surface area contributed by atoms with Crippen LogP contribution in [0.1, 0.15) is 11.1 Å². The summed E-state index contributed by atoms with van der Waals surface area (Å²) in [5, 5.41) is 0. The van der Waals surface area contributed by atoms with Gasteiger partial charge >= 0.3 is 0 Å². The van der Waals surface area contributed by atoms with Gasteiger partial charge in [-0.3, -0.25) is 0 Å². The first kappa shape index (κ1) is 13.4. The molecule has 0 atom stereocenters. The molecule has 3 nitrogen and oxygen atoms in total. The van der Waals surface area contributed by atoms with Gasteiger partial charge in [-0.1, -0.05) is 30.3 Å². The van der Waals surface area contributed by atoms with Gasteiger partial charge in [-0.05, 0) is 23.8 Å². The molecule has 0 saturated heterocycles. The molecule has 2 aromatic carbocycles. The highest BCUT2D eigenvalue weighted by molar-refractivity contribution is 5.47. The molecule has 2 N–H and O–H groups in total. The third-order valence-corrected chi connectivity index (χ3v) is 3.01. The van der Waals surface area contributed by atoms with E-state index in [2.05, 4.69) is 23.1 Å². The number of ether oxygens (including phenoxy) is 1. The van der Waals surface area contributed by atoms with Gasteiger partial charge in [0.2, 0.25) is 0 Å². The maximum atomic E-state index is 5.85. The third kappa shape index (κ3) is 3.48. The molecule has 0 saturated carbocycles. The van der Waals surface area contributed by atoms with Crippen molar-refractivity contribution in [2.45, 2.75) is 13.2 Å². The second-order valence-corrected chi connectivity index (χ2v) is 4.66. The van der Waals surface area contributed by atoms with Crippen LogP contribution in [-0.4, -0.2) is 14.1 Å². The molecule has 0 aliphatic rings. The Morgan fingerprint density at radius 2 is 1.84 bits per heavy atom. The first-order chi connectivity index (χ1) is 9.20. The molecule has 0 aliphatic carbocycles. The minimum absolute atomic E-state index is 0.494. The normalized spacial score (nSPS) is 10.3. The average Bonchev–Trinajstić information content (AvgIpc) is 2.45. The lowest BCUT2D eigenvalue weighted by atomic mass is 10.2. The Kier molecular flexibility index (Phi) is 4.42. The zero-order valence-corrected chi connectivity index (χ0v) is 11.5. The minimum atomic E-state index is 0.494. The van der Waals surface area contributed by atoms with E-state index in [0.717, 1.165) is 16.9 Å². The maximum Gasteiger partial charge on any atom is 0.124 e. The van der Waals surface area contributed by atoms with E-state index >= 15 is 0 Å². The quantitative estimate of drug-likeness (QED) is 0.894. The van der Waals surface area contributed by atoms with Crippen molar-refractivity contribution in [2.24, 2.45) is 5.73 Å². The molecule has 0 heterocycles. The number of nitrogens with two attached hydrogens (primary N) is 1. The van der Waals surface area contributed by atoms with Crippen LogP contribution in [0, 0.1) is 0 Å². The van der Waals surface area contributed by atoms with E-state index in [1.165, 1.54) is 5.69 Å². The van der Waals surface area contributed by atoms with Crippen LogP contribution in [0.5, 0.6) is 5.75 Å². The second-order valence-electron chi connectivity index (χ2n) is 4.66. The number of hydrogen-bond acceptors (Lipinski definition) is 3. The van der Waals surface area contributed by atoms with Crippen LogP contribution in [0.4, 0.5) is 5.69 Å². The van der Waals surface area contributed by atoms with Crippen LogP contribution < -0.4 is 15.4 Å². The summed E-state index contributed by atoms with van der Waals surface area (Å²) >= 11 is 0. The van der Waals surface area contributed by atoms with Crippen LogP contribution in [0.25, 0.3) is 0 Å². The smallest absolute Gasteiger partial charge is 0.124 e. The highest BCUT2D eigenvalue weighted by Gasteiger charge is 2.02. The van der Waals surface area contributed by atoms with Gasteiger partial charge in [0.1, 0.15) is 12.4 Å². The molecule has 2 rings (SSSR count). The van der Waals surface area contributed by atoms with E-state index in [1.807, 2.05) is 44.4 Å². The van der Waals surface area contributed by atoms with Crippen molar-refractivity contribution in [1.29, 1.82) is 0 Å². The molecule has 3 heteroatoms. The fourth-order valence-corrected chi connectivity index (χ4v) is 1.90. The monoisotopic (exact) mass is 256 g/mol. The van der Waals surface area contributed by atoms with E-state index in [1.54, 1.807) is 0 Å². The van der Waals surface area contributed by atoms with Gasteiger partial charge in [-0.15, -0.1) is 0 Å². The van der Waals surface area contributed by atoms with E-state index in [0.29, 0.717) is 13.2 Å². The standard InChI is InChI=1S/C16H20N2O/c1-18(2)15-8-5-6-13(10-15)12-19-16-9-4-3-7-14(16)11-17/h3-10H,11-12,17H2,1-2H3. The van der Waals surface area contributed by atoms with Gasteiger partial charge in [-0.2, -0.15) is 0 Å². The largest absolute Gasteiger partial charge is 0.489 e. The molecule has 0 aliphatic heterocycles. The summed E-state index contributed by atoms with van der Waals surface area (Å²) in [4.78, 5) is 2.08. The Bertz CT molecular complexity index is 538. The van der Waals surface area contributed by atoms with Gasteiger partial charge in [0.05, 0.1) is 0 Å². The molecule has 19 heavy (non-hydrogen) atoms. The van der Waals surface area contributed by atoms with E-state index < -0.39 is 0 Å². The van der Waals surface area contributed by atoms with E-state index in [-0.39, 0.29) is 0 Å². The van der Waals surface area contributed by atoms with Gasteiger partial charge < -0.3 is 15.4 Å². The van der Waals surface area contributed by atoms with Crippen molar-refractivity contribution in [3.63, 3.8) is 0 Å². The first-order valence-corrected chi connectivity index (χ1v) is 6.37. The number of benzene rings is 2. The minimum Gasteiger partial charge on any atom is -0.489 e. The van der Waals surface area contributed by atoms with E-state index in [9.17, 15) is 0 Å². The predicted molar refractivity (Wildman–Crippen MR) is 79.4 cm³/mol. The molecule has 100 valence electrons. The van der Waals surface area contributed by atoms with Gasteiger partial charge in [0.25, 0.3) is 0 Å². The van der Waals surface area contributed by atoms with Crippen LogP contribution in [0.2, 0.25) is 0 Å². The molecule has 0 fully saturated rings. The van der Waals surface area contributed by atoms with Crippen LogP contribution >= 0.6 is 0 Å². The van der Waals surface area contributed by atoms with Crippen molar-refractivity contribution < 1.29 is 4.74 Å². The highest BCUT2D eigenvalue weighted by Crippen LogP contribution is 2.20. The van der Waals surface area contributed by atoms with Crippen molar-refractivity contribution in [3.05, 3.63) is 59.7 Å². The summed E-state index contributed by atoms with van der Waals surface area (Å²) in [5.41, 5.74) is 9.06.